The number of hydrogen-bond acceptors (Lipinski definition) is 4. The first-order valence-corrected chi connectivity index (χ1v) is 9.71. The second kappa shape index (κ2) is 6.93. The summed E-state index contributed by atoms with van der Waals surface area (Å²) in [5.41, 5.74) is 0.871. The summed E-state index contributed by atoms with van der Waals surface area (Å²) >= 11 is 1.19. The van der Waals surface area contributed by atoms with Gasteiger partial charge in [-0.15, -0.1) is 11.3 Å². The summed E-state index contributed by atoms with van der Waals surface area (Å²) in [5, 5.41) is 1.67. The van der Waals surface area contributed by atoms with Crippen LogP contribution in [0.2, 0.25) is 0 Å². The van der Waals surface area contributed by atoms with E-state index in [4.69, 9.17) is 0 Å². The zero-order valence-electron chi connectivity index (χ0n) is 13.0. The highest BCUT2D eigenvalue weighted by Crippen LogP contribution is 2.28. The molecule has 0 radical (unpaired) electrons. The Bertz CT molecular complexity index is 658. The maximum absolute atomic E-state index is 12.7. The number of likely N-dealkylation sites (N-methyl/N-ethyl adjacent to an activating group) is 1. The Kier molecular flexibility index (Phi) is 5.41. The Morgan fingerprint density at radius 1 is 1.41 bits per heavy atom. The van der Waals surface area contributed by atoms with Crippen molar-refractivity contribution in [2.45, 2.75) is 31.6 Å². The van der Waals surface area contributed by atoms with Crippen LogP contribution in [0.1, 0.15) is 36.4 Å². The number of amides is 1. The summed E-state index contributed by atoms with van der Waals surface area (Å²) < 4.78 is 26.9. The van der Waals surface area contributed by atoms with E-state index in [1.54, 1.807) is 16.3 Å². The molecule has 0 atom stereocenters. The lowest BCUT2D eigenvalue weighted by Crippen LogP contribution is -2.34. The van der Waals surface area contributed by atoms with Gasteiger partial charge < -0.3 is 4.90 Å². The second-order valence-corrected chi connectivity index (χ2v) is 8.32. The van der Waals surface area contributed by atoms with E-state index in [1.165, 1.54) is 15.6 Å². The number of thiophene rings is 1. The Hall–Kier alpha value is -1.18. The average molecular weight is 342 g/mol. The summed E-state index contributed by atoms with van der Waals surface area (Å²) in [6.07, 6.45) is 1.76. The first-order valence-electron chi connectivity index (χ1n) is 7.39. The van der Waals surface area contributed by atoms with Gasteiger partial charge in [-0.3, -0.25) is 4.79 Å². The van der Waals surface area contributed by atoms with E-state index >= 15 is 0 Å². The molecule has 7 heteroatoms. The molecule has 0 unspecified atom stereocenters. The van der Waals surface area contributed by atoms with Crippen LogP contribution in [0.5, 0.6) is 0 Å². The maximum atomic E-state index is 12.7. The fourth-order valence-electron chi connectivity index (χ4n) is 2.52. The van der Waals surface area contributed by atoms with Gasteiger partial charge in [-0.1, -0.05) is 12.2 Å². The lowest BCUT2D eigenvalue weighted by Gasteiger charge is -2.22. The summed E-state index contributed by atoms with van der Waals surface area (Å²) in [5.74, 6) is -0.238. The number of rotatable bonds is 6. The van der Waals surface area contributed by atoms with Crippen LogP contribution in [-0.4, -0.2) is 49.7 Å². The van der Waals surface area contributed by atoms with Gasteiger partial charge in [0.15, 0.2) is 0 Å². The monoisotopic (exact) mass is 342 g/mol. The fourth-order valence-corrected chi connectivity index (χ4v) is 5.40. The van der Waals surface area contributed by atoms with Crippen LogP contribution in [0.3, 0.4) is 0 Å². The van der Waals surface area contributed by atoms with E-state index in [0.29, 0.717) is 31.1 Å². The van der Waals surface area contributed by atoms with Crippen LogP contribution in [-0.2, 0) is 10.0 Å². The normalized spacial score (nSPS) is 15.9. The molecule has 0 bridgehead atoms. The lowest BCUT2D eigenvalue weighted by molar-refractivity contribution is 0.0779. The molecule has 1 amide bonds. The van der Waals surface area contributed by atoms with Crippen molar-refractivity contribution < 1.29 is 13.2 Å². The van der Waals surface area contributed by atoms with Crippen molar-refractivity contribution in [3.05, 3.63) is 28.5 Å². The number of carbonyl (C=O) groups is 1. The minimum Gasteiger partial charge on any atom is -0.334 e. The topological polar surface area (TPSA) is 57.7 Å². The van der Waals surface area contributed by atoms with Gasteiger partial charge in [0.05, 0.1) is 0 Å². The van der Waals surface area contributed by atoms with Gasteiger partial charge in [0.25, 0.3) is 5.91 Å². The van der Waals surface area contributed by atoms with E-state index in [1.807, 2.05) is 13.8 Å². The predicted octanol–water partition coefficient (Wildman–Crippen LogP) is 2.57. The van der Waals surface area contributed by atoms with Gasteiger partial charge >= 0.3 is 0 Å². The zero-order chi connectivity index (χ0) is 16.3. The average Bonchev–Trinajstić information content (AvgIpc) is 3.13. The molecule has 1 aliphatic rings. The molecular weight excluding hydrogens is 320 g/mol. The van der Waals surface area contributed by atoms with Gasteiger partial charge in [0.1, 0.15) is 9.77 Å². The van der Waals surface area contributed by atoms with Crippen LogP contribution in [0.4, 0.5) is 0 Å². The molecule has 0 saturated carbocycles. The van der Waals surface area contributed by atoms with Crippen LogP contribution in [0.15, 0.2) is 28.5 Å². The molecule has 2 heterocycles. The van der Waals surface area contributed by atoms with Crippen molar-refractivity contribution in [3.63, 3.8) is 0 Å². The predicted molar refractivity (Wildman–Crippen MR) is 88.7 cm³/mol. The van der Waals surface area contributed by atoms with E-state index in [0.717, 1.165) is 18.4 Å². The first-order chi connectivity index (χ1) is 10.4. The van der Waals surface area contributed by atoms with E-state index in [-0.39, 0.29) is 10.8 Å². The van der Waals surface area contributed by atoms with Crippen molar-refractivity contribution in [1.82, 2.24) is 9.21 Å². The van der Waals surface area contributed by atoms with Gasteiger partial charge in [-0.2, -0.15) is 4.31 Å². The third kappa shape index (κ3) is 3.42. The third-order valence-corrected chi connectivity index (χ3v) is 6.61. The largest absolute Gasteiger partial charge is 0.334 e. The number of carbonyl (C=O) groups excluding carboxylic acids is 1. The highest BCUT2D eigenvalue weighted by molar-refractivity contribution is 7.89. The molecular formula is C15H22N2O3S2. The smallest absolute Gasteiger partial charge is 0.265 e. The van der Waals surface area contributed by atoms with Gasteiger partial charge in [-0.25, -0.2) is 8.42 Å². The standard InChI is InChI=1S/C15H22N2O3S2/c1-4-16(11-12(2)3)15(18)14-13(7-10-21-14)22(19,20)17-8-5-6-9-17/h7,10H,2,4-6,8-9,11H2,1,3H3. The van der Waals surface area contributed by atoms with E-state index in [9.17, 15) is 13.2 Å². The Balaban J connectivity index is 2.32. The molecule has 1 aliphatic heterocycles. The van der Waals surface area contributed by atoms with Crippen molar-refractivity contribution >= 4 is 27.3 Å². The molecule has 0 aliphatic carbocycles. The minimum absolute atomic E-state index is 0.143. The van der Waals surface area contributed by atoms with Crippen molar-refractivity contribution in [2.75, 3.05) is 26.2 Å². The molecule has 1 aromatic heterocycles. The van der Waals surface area contributed by atoms with Crippen LogP contribution in [0.25, 0.3) is 0 Å². The summed E-state index contributed by atoms with van der Waals surface area (Å²) in [4.78, 5) is 14.7. The molecule has 0 N–H and O–H groups in total. The highest BCUT2D eigenvalue weighted by atomic mass is 32.2. The molecule has 22 heavy (non-hydrogen) atoms. The summed E-state index contributed by atoms with van der Waals surface area (Å²) in [6.45, 7) is 9.59. The Morgan fingerprint density at radius 2 is 2.05 bits per heavy atom. The SMILES string of the molecule is C=C(C)CN(CC)C(=O)c1sccc1S(=O)(=O)N1CCCC1. The molecule has 5 nitrogen and oxygen atoms in total. The second-order valence-electron chi connectivity index (χ2n) is 5.50. The summed E-state index contributed by atoms with van der Waals surface area (Å²) in [7, 11) is -3.57. The summed E-state index contributed by atoms with van der Waals surface area (Å²) in [6, 6.07) is 1.54. The number of nitrogens with zero attached hydrogens (tertiary/aromatic N) is 2. The van der Waals surface area contributed by atoms with Gasteiger partial charge in [-0.05, 0) is 38.1 Å². The molecule has 0 spiro atoms. The van der Waals surface area contributed by atoms with Crippen LogP contribution in [0, 0.1) is 0 Å². The quantitative estimate of drug-likeness (QED) is 0.747. The molecule has 2 rings (SSSR count). The molecule has 0 aromatic carbocycles. The Labute approximate surface area is 136 Å². The number of sulfonamides is 1. The van der Waals surface area contributed by atoms with Crippen molar-refractivity contribution in [3.8, 4) is 0 Å². The van der Waals surface area contributed by atoms with Gasteiger partial charge in [0.2, 0.25) is 10.0 Å². The zero-order valence-corrected chi connectivity index (χ0v) is 14.7. The highest BCUT2D eigenvalue weighted by Gasteiger charge is 2.32. The third-order valence-electron chi connectivity index (χ3n) is 3.64. The van der Waals surface area contributed by atoms with Gasteiger partial charge in [0, 0.05) is 26.2 Å². The molecule has 1 aromatic rings. The molecule has 1 fully saturated rings. The lowest BCUT2D eigenvalue weighted by atomic mass is 10.3. The van der Waals surface area contributed by atoms with Crippen LogP contribution >= 0.6 is 11.3 Å². The van der Waals surface area contributed by atoms with E-state index < -0.39 is 10.0 Å². The first kappa shape index (κ1) is 17.2. The van der Waals surface area contributed by atoms with Crippen LogP contribution < -0.4 is 0 Å². The number of hydrogen-bond donors (Lipinski definition) is 0. The van der Waals surface area contributed by atoms with E-state index in [2.05, 4.69) is 6.58 Å². The fraction of sp³-hybridized carbons (Fsp3) is 0.533. The molecule has 122 valence electrons. The minimum atomic E-state index is -3.57. The Morgan fingerprint density at radius 3 is 2.59 bits per heavy atom. The molecule has 1 saturated heterocycles. The van der Waals surface area contributed by atoms with Crippen molar-refractivity contribution in [2.24, 2.45) is 0 Å². The maximum Gasteiger partial charge on any atom is 0.265 e. The van der Waals surface area contributed by atoms with Crippen molar-refractivity contribution in [1.29, 1.82) is 0 Å².